The third-order valence-electron chi connectivity index (χ3n) is 5.26. The van der Waals surface area contributed by atoms with Crippen molar-refractivity contribution in [1.29, 1.82) is 0 Å². The standard InChI is InChI=1S/C21H21FN4O3S/c1-14-3-4-15(2)19(11-14)30(28,29)26-9-7-25(8-10-26)21(27)17-12-16(22)13-18-20(17)24-6-5-23-18/h3-6,11-13H,7-10H2,1-2H3. The molecule has 0 unspecified atom stereocenters. The highest BCUT2D eigenvalue weighted by molar-refractivity contribution is 7.89. The van der Waals surface area contributed by atoms with E-state index < -0.39 is 15.8 Å². The molecule has 1 saturated heterocycles. The number of aryl methyl sites for hydroxylation is 2. The van der Waals surface area contributed by atoms with Gasteiger partial charge in [-0.2, -0.15) is 4.31 Å². The summed E-state index contributed by atoms with van der Waals surface area (Å²) in [5.74, 6) is -0.953. The summed E-state index contributed by atoms with van der Waals surface area (Å²) >= 11 is 0. The average molecular weight is 428 g/mol. The SMILES string of the molecule is Cc1ccc(C)c(S(=O)(=O)N2CCN(C(=O)c3cc(F)cc4nccnc34)CC2)c1. The molecule has 2 heterocycles. The molecule has 7 nitrogen and oxygen atoms in total. The second-order valence-corrected chi connectivity index (χ2v) is 9.25. The van der Waals surface area contributed by atoms with E-state index in [1.54, 1.807) is 19.1 Å². The van der Waals surface area contributed by atoms with Gasteiger partial charge in [0.25, 0.3) is 5.91 Å². The number of halogens is 1. The van der Waals surface area contributed by atoms with Crippen LogP contribution in [-0.2, 0) is 10.0 Å². The van der Waals surface area contributed by atoms with Gasteiger partial charge in [0, 0.05) is 44.6 Å². The molecule has 1 amide bonds. The number of piperazine rings is 1. The molecule has 0 atom stereocenters. The lowest BCUT2D eigenvalue weighted by Gasteiger charge is -2.34. The molecule has 30 heavy (non-hydrogen) atoms. The molecule has 0 aliphatic carbocycles. The van der Waals surface area contributed by atoms with Crippen LogP contribution in [0.1, 0.15) is 21.5 Å². The normalized spacial score (nSPS) is 15.5. The first kappa shape index (κ1) is 20.4. The number of benzene rings is 2. The maximum Gasteiger partial charge on any atom is 0.256 e. The van der Waals surface area contributed by atoms with Crippen LogP contribution in [0.4, 0.5) is 4.39 Å². The van der Waals surface area contributed by atoms with Crippen LogP contribution in [0, 0.1) is 19.7 Å². The fraction of sp³-hybridized carbons (Fsp3) is 0.286. The molecule has 3 aromatic rings. The van der Waals surface area contributed by atoms with Crippen molar-refractivity contribution in [3.63, 3.8) is 0 Å². The lowest BCUT2D eigenvalue weighted by Crippen LogP contribution is -2.50. The van der Waals surface area contributed by atoms with Gasteiger partial charge in [-0.15, -0.1) is 0 Å². The van der Waals surface area contributed by atoms with Crippen molar-refractivity contribution in [1.82, 2.24) is 19.2 Å². The van der Waals surface area contributed by atoms with Crippen LogP contribution in [0.25, 0.3) is 11.0 Å². The highest BCUT2D eigenvalue weighted by Crippen LogP contribution is 2.24. The van der Waals surface area contributed by atoms with Crippen LogP contribution in [0.15, 0.2) is 47.6 Å². The molecule has 1 fully saturated rings. The summed E-state index contributed by atoms with van der Waals surface area (Å²) in [6.07, 6.45) is 2.89. The first-order valence-electron chi connectivity index (χ1n) is 9.54. The zero-order valence-electron chi connectivity index (χ0n) is 16.7. The largest absolute Gasteiger partial charge is 0.336 e. The maximum atomic E-state index is 14.0. The molecular formula is C21H21FN4O3S. The molecule has 9 heteroatoms. The van der Waals surface area contributed by atoms with E-state index in [4.69, 9.17) is 0 Å². The van der Waals surface area contributed by atoms with E-state index >= 15 is 0 Å². The minimum atomic E-state index is -3.66. The first-order valence-corrected chi connectivity index (χ1v) is 11.0. The van der Waals surface area contributed by atoms with E-state index in [2.05, 4.69) is 9.97 Å². The average Bonchev–Trinajstić information content (AvgIpc) is 2.74. The van der Waals surface area contributed by atoms with Crippen molar-refractivity contribution in [2.75, 3.05) is 26.2 Å². The highest BCUT2D eigenvalue weighted by atomic mass is 32.2. The minimum absolute atomic E-state index is 0.129. The van der Waals surface area contributed by atoms with E-state index in [1.165, 1.54) is 27.7 Å². The molecule has 1 aliphatic heterocycles. The summed E-state index contributed by atoms with van der Waals surface area (Å²) in [4.78, 5) is 23.1. The number of rotatable bonds is 3. The quantitative estimate of drug-likeness (QED) is 0.640. The van der Waals surface area contributed by atoms with E-state index in [0.29, 0.717) is 16.6 Å². The predicted octanol–water partition coefficient (Wildman–Crippen LogP) is 2.53. The number of amides is 1. The zero-order chi connectivity index (χ0) is 21.5. The minimum Gasteiger partial charge on any atom is -0.336 e. The summed E-state index contributed by atoms with van der Waals surface area (Å²) in [7, 11) is -3.66. The smallest absolute Gasteiger partial charge is 0.256 e. The Balaban J connectivity index is 1.55. The molecule has 0 N–H and O–H groups in total. The van der Waals surface area contributed by atoms with Gasteiger partial charge in [0.2, 0.25) is 10.0 Å². The Bertz CT molecular complexity index is 1240. The predicted molar refractivity (Wildman–Crippen MR) is 110 cm³/mol. The molecule has 1 aliphatic rings. The van der Waals surface area contributed by atoms with Gasteiger partial charge in [0.1, 0.15) is 11.3 Å². The molecular weight excluding hydrogens is 407 g/mol. The maximum absolute atomic E-state index is 14.0. The van der Waals surface area contributed by atoms with Gasteiger partial charge in [0.15, 0.2) is 0 Å². The third kappa shape index (κ3) is 3.66. The number of hydrogen-bond acceptors (Lipinski definition) is 5. The van der Waals surface area contributed by atoms with Crippen molar-refractivity contribution in [2.45, 2.75) is 18.7 Å². The van der Waals surface area contributed by atoms with Crippen LogP contribution in [0.5, 0.6) is 0 Å². The van der Waals surface area contributed by atoms with Gasteiger partial charge in [0.05, 0.1) is 16.0 Å². The van der Waals surface area contributed by atoms with Crippen molar-refractivity contribution >= 4 is 27.0 Å². The van der Waals surface area contributed by atoms with E-state index in [0.717, 1.165) is 11.6 Å². The van der Waals surface area contributed by atoms with Gasteiger partial charge in [-0.25, -0.2) is 12.8 Å². The van der Waals surface area contributed by atoms with Gasteiger partial charge >= 0.3 is 0 Å². The van der Waals surface area contributed by atoms with Gasteiger partial charge in [-0.05, 0) is 37.1 Å². The third-order valence-corrected chi connectivity index (χ3v) is 7.30. The van der Waals surface area contributed by atoms with E-state index in [9.17, 15) is 17.6 Å². The topological polar surface area (TPSA) is 83.5 Å². The Morgan fingerprint density at radius 2 is 1.70 bits per heavy atom. The molecule has 156 valence electrons. The summed E-state index contributed by atoms with van der Waals surface area (Å²) in [5, 5.41) is 0. The molecule has 2 aromatic carbocycles. The second-order valence-electron chi connectivity index (χ2n) is 7.34. The Labute approximate surface area is 174 Å². The van der Waals surface area contributed by atoms with Crippen molar-refractivity contribution in [2.24, 2.45) is 0 Å². The number of hydrogen-bond donors (Lipinski definition) is 0. The number of carbonyl (C=O) groups excluding carboxylic acids is 1. The van der Waals surface area contributed by atoms with Gasteiger partial charge in [-0.1, -0.05) is 12.1 Å². The number of nitrogens with zero attached hydrogens (tertiary/aromatic N) is 4. The lowest BCUT2D eigenvalue weighted by molar-refractivity contribution is 0.0699. The molecule has 0 radical (unpaired) electrons. The van der Waals surface area contributed by atoms with Crippen molar-refractivity contribution in [3.8, 4) is 0 Å². The zero-order valence-corrected chi connectivity index (χ0v) is 17.5. The first-order chi connectivity index (χ1) is 14.3. The number of sulfonamides is 1. The number of aromatic nitrogens is 2. The van der Waals surface area contributed by atoms with Crippen LogP contribution >= 0.6 is 0 Å². The molecule has 0 bridgehead atoms. The Hall–Kier alpha value is -2.91. The summed E-state index contributed by atoms with van der Waals surface area (Å²) in [6, 6.07) is 7.71. The van der Waals surface area contributed by atoms with Crippen molar-refractivity contribution < 1.29 is 17.6 Å². The van der Waals surface area contributed by atoms with Crippen LogP contribution in [-0.4, -0.2) is 59.7 Å². The molecule has 1 aromatic heterocycles. The van der Waals surface area contributed by atoms with Crippen LogP contribution < -0.4 is 0 Å². The lowest BCUT2D eigenvalue weighted by atomic mass is 10.1. The molecule has 0 saturated carbocycles. The number of fused-ring (bicyclic) bond motifs is 1. The molecule has 4 rings (SSSR count). The van der Waals surface area contributed by atoms with Gasteiger partial charge in [-0.3, -0.25) is 14.8 Å². The summed E-state index contributed by atoms with van der Waals surface area (Å²) < 4.78 is 41.5. The highest BCUT2D eigenvalue weighted by Gasteiger charge is 2.32. The Morgan fingerprint density at radius 1 is 1.00 bits per heavy atom. The Kier molecular flexibility index (Phi) is 5.25. The second kappa shape index (κ2) is 7.73. The monoisotopic (exact) mass is 428 g/mol. The van der Waals surface area contributed by atoms with Crippen LogP contribution in [0.2, 0.25) is 0 Å². The fourth-order valence-corrected chi connectivity index (χ4v) is 5.36. The van der Waals surface area contributed by atoms with Gasteiger partial charge < -0.3 is 4.90 Å². The van der Waals surface area contributed by atoms with Crippen molar-refractivity contribution in [3.05, 3.63) is 65.2 Å². The summed E-state index contributed by atoms with van der Waals surface area (Å²) in [6.45, 7) is 4.37. The van der Waals surface area contributed by atoms with E-state index in [1.807, 2.05) is 13.0 Å². The Morgan fingerprint density at radius 3 is 2.43 bits per heavy atom. The number of carbonyl (C=O) groups is 1. The fourth-order valence-electron chi connectivity index (χ4n) is 3.63. The summed E-state index contributed by atoms with van der Waals surface area (Å²) in [5.41, 5.74) is 2.31. The molecule has 0 spiro atoms. The van der Waals surface area contributed by atoms with E-state index in [-0.39, 0.29) is 42.5 Å². The van der Waals surface area contributed by atoms with Crippen LogP contribution in [0.3, 0.4) is 0 Å².